The smallest absolute Gasteiger partial charge is 0.270 e. The number of nitrogens with one attached hydrogen (secondary N) is 2. The second-order valence-corrected chi connectivity index (χ2v) is 11.2. The largest absolute Gasteiger partial charge is 0.392 e. The molecule has 2 amide bonds. The molecule has 0 aliphatic heterocycles. The van der Waals surface area contributed by atoms with Gasteiger partial charge in [0.25, 0.3) is 5.91 Å². The number of rotatable bonds is 5. The maximum atomic E-state index is 13.1. The number of nitrogens with zero attached hydrogens (tertiary/aromatic N) is 1. The van der Waals surface area contributed by atoms with E-state index in [0.717, 1.165) is 38.5 Å². The number of aliphatic hydroxyl groups is 1. The van der Waals surface area contributed by atoms with E-state index in [9.17, 15) is 14.7 Å². The number of aliphatic hydroxyl groups excluding tert-OH is 1. The molecular weight excluding hydrogens is 414 g/mol. The fourth-order valence-corrected chi connectivity index (χ4v) is 7.01. The summed E-state index contributed by atoms with van der Waals surface area (Å²) >= 11 is 0. The summed E-state index contributed by atoms with van der Waals surface area (Å²) in [5.74, 6) is -0.121. The minimum atomic E-state index is -0.541. The average Bonchev–Trinajstić information content (AvgIpc) is 2.82. The lowest BCUT2D eigenvalue weighted by molar-refractivity contribution is -0.142. The lowest BCUT2D eigenvalue weighted by atomic mass is 9.51. The molecule has 1 heterocycles. The highest BCUT2D eigenvalue weighted by molar-refractivity contribution is 5.92. The molecule has 1 aromatic rings. The molecule has 182 valence electrons. The number of fused-ring (bicyclic) bond motifs is 1. The topological polar surface area (TPSA) is 91.3 Å². The minimum Gasteiger partial charge on any atom is -0.392 e. The van der Waals surface area contributed by atoms with Gasteiger partial charge in [0.2, 0.25) is 5.91 Å². The first-order valence-electron chi connectivity index (χ1n) is 13.0. The summed E-state index contributed by atoms with van der Waals surface area (Å²) in [6.45, 7) is 6.43. The molecule has 4 rings (SSSR count). The Bertz CT molecular complexity index is 825. The van der Waals surface area contributed by atoms with Gasteiger partial charge < -0.3 is 15.7 Å². The lowest BCUT2D eigenvalue weighted by Crippen LogP contribution is -2.58. The first-order chi connectivity index (χ1) is 15.8. The Kier molecular flexibility index (Phi) is 7.42. The molecule has 33 heavy (non-hydrogen) atoms. The molecular formula is C27H41N3O3. The predicted octanol–water partition coefficient (Wildman–Crippen LogP) is 4.09. The molecule has 6 nitrogen and oxygen atoms in total. The summed E-state index contributed by atoms with van der Waals surface area (Å²) < 4.78 is 0. The summed E-state index contributed by atoms with van der Waals surface area (Å²) in [7, 11) is 0. The van der Waals surface area contributed by atoms with E-state index in [1.54, 1.807) is 18.3 Å². The normalized spacial score (nSPS) is 35.8. The Hall–Kier alpha value is -1.95. The van der Waals surface area contributed by atoms with Crippen molar-refractivity contribution in [1.29, 1.82) is 0 Å². The Labute approximate surface area is 198 Å². The second-order valence-electron chi connectivity index (χ2n) is 11.2. The number of carbonyl (C=O) groups is 2. The zero-order valence-corrected chi connectivity index (χ0v) is 20.4. The highest BCUT2D eigenvalue weighted by atomic mass is 16.3. The number of hydrogen-bond acceptors (Lipinski definition) is 4. The monoisotopic (exact) mass is 455 g/mol. The van der Waals surface area contributed by atoms with Crippen molar-refractivity contribution in [3.63, 3.8) is 0 Å². The van der Waals surface area contributed by atoms with E-state index in [-0.39, 0.29) is 46.9 Å². The van der Waals surface area contributed by atoms with Gasteiger partial charge in [0, 0.05) is 24.2 Å². The van der Waals surface area contributed by atoms with Crippen LogP contribution in [0.5, 0.6) is 0 Å². The molecule has 0 saturated heterocycles. The van der Waals surface area contributed by atoms with E-state index in [2.05, 4.69) is 29.5 Å². The van der Waals surface area contributed by atoms with E-state index in [4.69, 9.17) is 0 Å². The highest BCUT2D eigenvalue weighted by Crippen LogP contribution is 2.55. The number of amides is 2. The van der Waals surface area contributed by atoms with Gasteiger partial charge >= 0.3 is 0 Å². The van der Waals surface area contributed by atoms with E-state index in [1.165, 1.54) is 19.3 Å². The van der Waals surface area contributed by atoms with Crippen LogP contribution in [0, 0.1) is 29.1 Å². The van der Waals surface area contributed by atoms with Crippen molar-refractivity contribution >= 4 is 11.8 Å². The van der Waals surface area contributed by atoms with Crippen LogP contribution in [0.3, 0.4) is 0 Å². The van der Waals surface area contributed by atoms with E-state index < -0.39 is 6.10 Å². The Morgan fingerprint density at radius 1 is 1.09 bits per heavy atom. The van der Waals surface area contributed by atoms with Crippen LogP contribution in [-0.4, -0.2) is 40.1 Å². The molecule has 7 unspecified atom stereocenters. The SMILES string of the molecule is CC(C(=O)NC1CCCCC1)C1CCC2(C)CCC(NC(=O)c3ccccn3)C(C)C2C1O. The van der Waals surface area contributed by atoms with Crippen LogP contribution in [0.25, 0.3) is 0 Å². The molecule has 3 aliphatic carbocycles. The highest BCUT2D eigenvalue weighted by Gasteiger charge is 2.54. The van der Waals surface area contributed by atoms with Gasteiger partial charge in [-0.3, -0.25) is 14.6 Å². The molecule has 3 saturated carbocycles. The third-order valence-electron chi connectivity index (χ3n) is 9.11. The molecule has 7 atom stereocenters. The van der Waals surface area contributed by atoms with Crippen molar-refractivity contribution in [3.8, 4) is 0 Å². The van der Waals surface area contributed by atoms with Crippen LogP contribution in [-0.2, 0) is 4.79 Å². The Morgan fingerprint density at radius 3 is 2.52 bits per heavy atom. The summed E-state index contributed by atoms with van der Waals surface area (Å²) in [5.41, 5.74) is 0.467. The van der Waals surface area contributed by atoms with Gasteiger partial charge in [0.15, 0.2) is 0 Å². The van der Waals surface area contributed by atoms with Crippen LogP contribution >= 0.6 is 0 Å². The van der Waals surface area contributed by atoms with Crippen LogP contribution in [0.2, 0.25) is 0 Å². The first-order valence-corrected chi connectivity index (χ1v) is 13.0. The molecule has 1 aromatic heterocycles. The zero-order valence-electron chi connectivity index (χ0n) is 20.4. The third-order valence-corrected chi connectivity index (χ3v) is 9.11. The van der Waals surface area contributed by atoms with Gasteiger partial charge in [-0.15, -0.1) is 0 Å². The molecule has 3 fully saturated rings. The molecule has 6 heteroatoms. The van der Waals surface area contributed by atoms with E-state index >= 15 is 0 Å². The average molecular weight is 456 g/mol. The Morgan fingerprint density at radius 2 is 1.82 bits per heavy atom. The van der Waals surface area contributed by atoms with Gasteiger partial charge in [-0.2, -0.15) is 0 Å². The summed E-state index contributed by atoms with van der Waals surface area (Å²) in [6.07, 6.45) is 10.7. The van der Waals surface area contributed by atoms with Crippen molar-refractivity contribution in [3.05, 3.63) is 30.1 Å². The predicted molar refractivity (Wildman–Crippen MR) is 128 cm³/mol. The Balaban J connectivity index is 1.43. The maximum Gasteiger partial charge on any atom is 0.270 e. The number of carbonyl (C=O) groups excluding carboxylic acids is 2. The van der Waals surface area contributed by atoms with Gasteiger partial charge in [0.05, 0.1) is 6.10 Å². The standard InChI is InChI=1S/C27H41N3O3/c1-17(25(32)29-19-9-5-4-6-10-19)20-12-14-27(3)15-13-21(18(2)23(27)24(20)31)30-26(33)22-11-7-8-16-28-22/h7-8,11,16-21,23-24,31H,4-6,9-10,12-15H2,1-3H3,(H,29,32)(H,30,33). The van der Waals surface area contributed by atoms with Crippen LogP contribution in [0.15, 0.2) is 24.4 Å². The summed E-state index contributed by atoms with van der Waals surface area (Å²) in [4.78, 5) is 30.0. The van der Waals surface area contributed by atoms with Crippen LogP contribution < -0.4 is 10.6 Å². The fourth-order valence-electron chi connectivity index (χ4n) is 7.01. The quantitative estimate of drug-likeness (QED) is 0.624. The van der Waals surface area contributed by atoms with Crippen molar-refractivity contribution in [1.82, 2.24) is 15.6 Å². The lowest BCUT2D eigenvalue weighted by Gasteiger charge is -2.56. The number of pyridine rings is 1. The second kappa shape index (κ2) is 10.1. The molecule has 0 aromatic carbocycles. The molecule has 3 N–H and O–H groups in total. The van der Waals surface area contributed by atoms with E-state index in [0.29, 0.717) is 11.7 Å². The van der Waals surface area contributed by atoms with Crippen molar-refractivity contribution < 1.29 is 14.7 Å². The zero-order chi connectivity index (χ0) is 23.6. The van der Waals surface area contributed by atoms with Crippen LogP contribution in [0.4, 0.5) is 0 Å². The van der Waals surface area contributed by atoms with Crippen molar-refractivity contribution in [2.24, 2.45) is 29.1 Å². The van der Waals surface area contributed by atoms with Gasteiger partial charge in [-0.05, 0) is 73.8 Å². The van der Waals surface area contributed by atoms with E-state index in [1.807, 2.05) is 13.0 Å². The minimum absolute atomic E-state index is 0.00245. The summed E-state index contributed by atoms with van der Waals surface area (Å²) in [5, 5.41) is 18.0. The van der Waals surface area contributed by atoms with Crippen LogP contribution in [0.1, 0.15) is 89.0 Å². The molecule has 0 bridgehead atoms. The molecule has 0 spiro atoms. The van der Waals surface area contributed by atoms with Gasteiger partial charge in [-0.1, -0.05) is 46.1 Å². The molecule has 0 radical (unpaired) electrons. The number of aromatic nitrogens is 1. The summed E-state index contributed by atoms with van der Waals surface area (Å²) in [6, 6.07) is 5.64. The number of hydrogen-bond donors (Lipinski definition) is 3. The fraction of sp³-hybridized carbons (Fsp3) is 0.741. The first kappa shape index (κ1) is 24.2. The van der Waals surface area contributed by atoms with Crippen molar-refractivity contribution in [2.75, 3.05) is 0 Å². The molecule has 3 aliphatic rings. The van der Waals surface area contributed by atoms with Gasteiger partial charge in [0.1, 0.15) is 5.69 Å². The van der Waals surface area contributed by atoms with Gasteiger partial charge in [-0.25, -0.2) is 0 Å². The maximum absolute atomic E-state index is 13.1. The van der Waals surface area contributed by atoms with Crippen molar-refractivity contribution in [2.45, 2.75) is 96.7 Å². The third kappa shape index (κ3) is 5.11.